The molecule has 0 spiro atoms. The Morgan fingerprint density at radius 1 is 1.09 bits per heavy atom. The van der Waals surface area contributed by atoms with Crippen molar-refractivity contribution in [1.29, 1.82) is 0 Å². The highest BCUT2D eigenvalue weighted by molar-refractivity contribution is 6.02. The summed E-state index contributed by atoms with van der Waals surface area (Å²) >= 11 is 0. The highest BCUT2D eigenvalue weighted by Crippen LogP contribution is 2.34. The topological polar surface area (TPSA) is 43.7 Å². The number of methoxy groups -OCH3 is 2. The van der Waals surface area contributed by atoms with Crippen LogP contribution in [0.15, 0.2) is 18.3 Å². The summed E-state index contributed by atoms with van der Waals surface area (Å²) in [5, 5.41) is 0.863. The van der Waals surface area contributed by atoms with Crippen molar-refractivity contribution in [1.82, 2.24) is 9.47 Å². The molecule has 1 aliphatic rings. The van der Waals surface area contributed by atoms with Gasteiger partial charge in [-0.15, -0.1) is 0 Å². The summed E-state index contributed by atoms with van der Waals surface area (Å²) in [6, 6.07) is 3.80. The van der Waals surface area contributed by atoms with Crippen LogP contribution in [0.25, 0.3) is 10.9 Å². The van der Waals surface area contributed by atoms with Gasteiger partial charge < -0.3 is 18.9 Å². The van der Waals surface area contributed by atoms with Crippen molar-refractivity contribution in [2.24, 2.45) is 0 Å². The van der Waals surface area contributed by atoms with Crippen molar-refractivity contribution in [2.75, 3.05) is 33.9 Å². The van der Waals surface area contributed by atoms with Gasteiger partial charge >= 0.3 is 0 Å². The largest absolute Gasteiger partial charge is 0.497 e. The summed E-state index contributed by atoms with van der Waals surface area (Å²) in [6.07, 6.45) is 6.73. The van der Waals surface area contributed by atoms with Gasteiger partial charge in [0.1, 0.15) is 11.5 Å². The molecule has 1 saturated heterocycles. The van der Waals surface area contributed by atoms with Gasteiger partial charge in [-0.2, -0.15) is 0 Å². The molecule has 1 aromatic carbocycles. The molecule has 124 valence electrons. The maximum Gasteiger partial charge on any atom is 0.152 e. The van der Waals surface area contributed by atoms with E-state index < -0.39 is 0 Å². The third-order valence-electron chi connectivity index (χ3n) is 4.64. The van der Waals surface area contributed by atoms with E-state index in [4.69, 9.17) is 9.47 Å². The molecule has 2 heterocycles. The Morgan fingerprint density at radius 3 is 2.52 bits per heavy atom. The lowest BCUT2D eigenvalue weighted by atomic mass is 10.1. The lowest BCUT2D eigenvalue weighted by molar-refractivity contribution is 0.112. The van der Waals surface area contributed by atoms with E-state index in [1.165, 1.54) is 32.4 Å². The number of piperidine rings is 1. The molecule has 1 aliphatic heterocycles. The smallest absolute Gasteiger partial charge is 0.152 e. The lowest BCUT2D eigenvalue weighted by Gasteiger charge is -2.26. The van der Waals surface area contributed by atoms with Crippen molar-refractivity contribution in [3.63, 3.8) is 0 Å². The molecule has 0 atom stereocenters. The minimum Gasteiger partial charge on any atom is -0.497 e. The maximum absolute atomic E-state index is 11.5. The second kappa shape index (κ2) is 7.04. The van der Waals surface area contributed by atoms with Crippen LogP contribution in [0, 0.1) is 0 Å². The molecule has 1 aromatic heterocycles. The zero-order chi connectivity index (χ0) is 16.2. The number of aromatic nitrogens is 1. The summed E-state index contributed by atoms with van der Waals surface area (Å²) in [7, 11) is 3.26. The normalized spacial score (nSPS) is 15.7. The number of aldehydes is 1. The van der Waals surface area contributed by atoms with Crippen LogP contribution in [0.1, 0.15) is 29.6 Å². The van der Waals surface area contributed by atoms with Crippen LogP contribution < -0.4 is 9.47 Å². The number of nitrogens with zero attached hydrogens (tertiary/aromatic N) is 2. The zero-order valence-electron chi connectivity index (χ0n) is 13.9. The van der Waals surface area contributed by atoms with E-state index in [0.29, 0.717) is 11.3 Å². The molecule has 0 N–H and O–H groups in total. The van der Waals surface area contributed by atoms with E-state index in [1.54, 1.807) is 14.2 Å². The van der Waals surface area contributed by atoms with Crippen molar-refractivity contribution in [3.05, 3.63) is 23.9 Å². The standard InChI is InChI=1S/C18H24N2O3/c1-22-15-10-16-18(17(11-15)23-2)14(13-21)12-20(16)9-8-19-6-4-3-5-7-19/h10-13H,3-9H2,1-2H3. The number of fused-ring (bicyclic) bond motifs is 1. The van der Waals surface area contributed by atoms with E-state index in [0.717, 1.165) is 36.0 Å². The molecule has 0 amide bonds. The number of hydrogen-bond acceptors (Lipinski definition) is 4. The molecule has 3 rings (SSSR count). The van der Waals surface area contributed by atoms with Crippen LogP contribution in [-0.2, 0) is 6.54 Å². The van der Waals surface area contributed by atoms with Crippen molar-refractivity contribution < 1.29 is 14.3 Å². The van der Waals surface area contributed by atoms with E-state index in [9.17, 15) is 4.79 Å². The average Bonchev–Trinajstić information content (AvgIpc) is 2.97. The second-order valence-electron chi connectivity index (χ2n) is 6.02. The Labute approximate surface area is 136 Å². The summed E-state index contributed by atoms with van der Waals surface area (Å²) in [6.45, 7) is 4.21. The average molecular weight is 316 g/mol. The highest BCUT2D eigenvalue weighted by atomic mass is 16.5. The monoisotopic (exact) mass is 316 g/mol. The van der Waals surface area contributed by atoms with Gasteiger partial charge in [0.2, 0.25) is 0 Å². The third-order valence-corrected chi connectivity index (χ3v) is 4.64. The van der Waals surface area contributed by atoms with Gasteiger partial charge in [0.15, 0.2) is 6.29 Å². The lowest BCUT2D eigenvalue weighted by Crippen LogP contribution is -2.32. The van der Waals surface area contributed by atoms with E-state index in [-0.39, 0.29) is 0 Å². The maximum atomic E-state index is 11.5. The zero-order valence-corrected chi connectivity index (χ0v) is 13.9. The molecule has 0 bridgehead atoms. The number of carbonyl (C=O) groups excluding carboxylic acids is 1. The predicted octanol–water partition coefficient (Wildman–Crippen LogP) is 2.96. The number of rotatable bonds is 6. The Bertz CT molecular complexity index is 687. The predicted molar refractivity (Wildman–Crippen MR) is 90.7 cm³/mol. The summed E-state index contributed by atoms with van der Waals surface area (Å²) in [5.41, 5.74) is 1.65. The molecule has 0 radical (unpaired) electrons. The van der Waals surface area contributed by atoms with E-state index >= 15 is 0 Å². The Hall–Kier alpha value is -2.01. The quantitative estimate of drug-likeness (QED) is 0.769. The molecule has 0 saturated carbocycles. The van der Waals surface area contributed by atoms with E-state index in [1.807, 2.05) is 18.3 Å². The molecule has 0 unspecified atom stereocenters. The SMILES string of the molecule is COc1cc(OC)c2c(C=O)cn(CCN3CCCCC3)c2c1. The minimum atomic E-state index is 0.665. The fourth-order valence-corrected chi connectivity index (χ4v) is 3.38. The van der Waals surface area contributed by atoms with E-state index in [2.05, 4.69) is 9.47 Å². The molecular formula is C18H24N2O3. The van der Waals surface area contributed by atoms with Gasteiger partial charge in [-0.1, -0.05) is 6.42 Å². The van der Waals surface area contributed by atoms with Crippen LogP contribution in [0.3, 0.4) is 0 Å². The van der Waals surface area contributed by atoms with Crippen molar-refractivity contribution >= 4 is 17.2 Å². The van der Waals surface area contributed by atoms with Crippen LogP contribution in [0.2, 0.25) is 0 Å². The fourth-order valence-electron chi connectivity index (χ4n) is 3.38. The van der Waals surface area contributed by atoms with Gasteiger partial charge in [0.05, 0.1) is 25.1 Å². The van der Waals surface area contributed by atoms with Gasteiger partial charge in [0, 0.05) is 37.0 Å². The Kier molecular flexibility index (Phi) is 4.86. The van der Waals surface area contributed by atoms with Gasteiger partial charge in [0.25, 0.3) is 0 Å². The van der Waals surface area contributed by atoms with Crippen LogP contribution >= 0.6 is 0 Å². The first kappa shape index (κ1) is 15.9. The molecule has 5 nitrogen and oxygen atoms in total. The summed E-state index contributed by atoms with van der Waals surface area (Å²) in [5.74, 6) is 1.42. The van der Waals surface area contributed by atoms with Gasteiger partial charge in [-0.3, -0.25) is 4.79 Å². The fraction of sp³-hybridized carbons (Fsp3) is 0.500. The molecule has 1 fully saturated rings. The minimum absolute atomic E-state index is 0.665. The third kappa shape index (κ3) is 3.20. The van der Waals surface area contributed by atoms with Crippen LogP contribution in [-0.4, -0.2) is 49.6 Å². The first-order valence-corrected chi connectivity index (χ1v) is 8.19. The number of likely N-dealkylation sites (tertiary alicyclic amines) is 1. The first-order chi connectivity index (χ1) is 11.3. The Morgan fingerprint density at radius 2 is 1.87 bits per heavy atom. The highest BCUT2D eigenvalue weighted by Gasteiger charge is 2.16. The number of carbonyl (C=O) groups is 1. The Balaban J connectivity index is 1.93. The number of ether oxygens (including phenoxy) is 2. The van der Waals surface area contributed by atoms with Crippen molar-refractivity contribution in [2.45, 2.75) is 25.8 Å². The summed E-state index contributed by atoms with van der Waals surface area (Å²) in [4.78, 5) is 13.9. The molecule has 2 aromatic rings. The van der Waals surface area contributed by atoms with Gasteiger partial charge in [-0.25, -0.2) is 0 Å². The number of benzene rings is 1. The van der Waals surface area contributed by atoms with Crippen LogP contribution in [0.5, 0.6) is 11.5 Å². The molecule has 0 aliphatic carbocycles. The summed E-state index contributed by atoms with van der Waals surface area (Å²) < 4.78 is 13.0. The molecule has 23 heavy (non-hydrogen) atoms. The van der Waals surface area contributed by atoms with Gasteiger partial charge in [-0.05, 0) is 25.9 Å². The second-order valence-corrected chi connectivity index (χ2v) is 6.02. The molecular weight excluding hydrogens is 292 g/mol. The first-order valence-electron chi connectivity index (χ1n) is 8.19. The molecule has 5 heteroatoms. The van der Waals surface area contributed by atoms with Crippen LogP contribution in [0.4, 0.5) is 0 Å². The number of hydrogen-bond donors (Lipinski definition) is 0. The van der Waals surface area contributed by atoms with Crippen molar-refractivity contribution in [3.8, 4) is 11.5 Å².